The van der Waals surface area contributed by atoms with Crippen LogP contribution in [0.4, 0.5) is 5.69 Å². The lowest BCUT2D eigenvalue weighted by atomic mass is 10.0. The first-order chi connectivity index (χ1) is 15.5. The van der Waals surface area contributed by atoms with Crippen LogP contribution in [0.3, 0.4) is 0 Å². The molecule has 32 heavy (non-hydrogen) atoms. The summed E-state index contributed by atoms with van der Waals surface area (Å²) in [4.78, 5) is 31.8. The average molecular weight is 438 g/mol. The number of hydrazone groups is 1. The third-order valence-electron chi connectivity index (χ3n) is 5.23. The zero-order valence-electron chi connectivity index (χ0n) is 19.4. The maximum Gasteiger partial charge on any atom is 0.271 e. The van der Waals surface area contributed by atoms with Crippen molar-refractivity contribution in [1.29, 1.82) is 0 Å². The lowest BCUT2D eigenvalue weighted by molar-refractivity contribution is -0.118. The molecule has 7 heteroatoms. The fourth-order valence-corrected chi connectivity index (χ4v) is 3.26. The highest BCUT2D eigenvalue weighted by Gasteiger charge is 2.25. The van der Waals surface area contributed by atoms with E-state index in [1.807, 2.05) is 30.3 Å². The molecule has 1 heterocycles. The Kier molecular flexibility index (Phi) is 11.1. The van der Waals surface area contributed by atoms with Crippen LogP contribution < -0.4 is 10.7 Å². The fraction of sp³-hybridized carbons (Fsp3) is 0.440. The van der Waals surface area contributed by atoms with Gasteiger partial charge in [0.05, 0.1) is 5.92 Å². The van der Waals surface area contributed by atoms with Crippen molar-refractivity contribution in [3.8, 4) is 0 Å². The number of aromatic nitrogens is 1. The van der Waals surface area contributed by atoms with Crippen molar-refractivity contribution in [2.24, 2.45) is 11.0 Å². The second-order valence-corrected chi connectivity index (χ2v) is 7.85. The highest BCUT2D eigenvalue weighted by molar-refractivity contribution is 6.09. The molecule has 0 fully saturated rings. The Hall–Kier alpha value is -3.06. The number of pyridine rings is 1. The molecule has 0 radical (unpaired) electrons. The summed E-state index contributed by atoms with van der Waals surface area (Å²) in [5.74, 6) is -0.946. The lowest BCUT2D eigenvalue weighted by Gasteiger charge is -2.27. The van der Waals surface area contributed by atoms with E-state index in [4.69, 9.17) is 0 Å². The Morgan fingerprint density at radius 3 is 2.22 bits per heavy atom. The van der Waals surface area contributed by atoms with Crippen LogP contribution >= 0.6 is 0 Å². The molecule has 0 aliphatic carbocycles. The molecule has 0 saturated heterocycles. The molecule has 2 amide bonds. The van der Waals surface area contributed by atoms with Crippen LogP contribution in [-0.2, 0) is 4.79 Å². The lowest BCUT2D eigenvalue weighted by Crippen LogP contribution is -2.41. The monoisotopic (exact) mass is 437 g/mol. The van der Waals surface area contributed by atoms with E-state index in [1.54, 1.807) is 31.5 Å². The van der Waals surface area contributed by atoms with Gasteiger partial charge in [-0.1, -0.05) is 44.9 Å². The molecule has 1 atom stereocenters. The number of carbonyl (C=O) groups is 2. The second kappa shape index (κ2) is 14.1. The summed E-state index contributed by atoms with van der Waals surface area (Å²) < 4.78 is 0. The van der Waals surface area contributed by atoms with Gasteiger partial charge >= 0.3 is 0 Å². The normalized spacial score (nSPS) is 12.4. The van der Waals surface area contributed by atoms with Gasteiger partial charge in [0.15, 0.2) is 0 Å². The van der Waals surface area contributed by atoms with Crippen LogP contribution in [0, 0.1) is 5.92 Å². The van der Waals surface area contributed by atoms with E-state index in [2.05, 4.69) is 39.6 Å². The number of hydrogen-bond donors (Lipinski definition) is 2. The fourth-order valence-electron chi connectivity index (χ4n) is 3.26. The van der Waals surface area contributed by atoms with Crippen molar-refractivity contribution >= 4 is 23.2 Å². The molecule has 2 rings (SSSR count). The summed E-state index contributed by atoms with van der Waals surface area (Å²) in [6.07, 6.45) is 7.45. The van der Waals surface area contributed by atoms with Crippen molar-refractivity contribution in [3.05, 3.63) is 60.4 Å². The first kappa shape index (κ1) is 25.2. The highest BCUT2D eigenvalue weighted by Crippen LogP contribution is 2.13. The van der Waals surface area contributed by atoms with Crippen LogP contribution in [0.5, 0.6) is 0 Å². The van der Waals surface area contributed by atoms with Gasteiger partial charge in [-0.25, -0.2) is 5.43 Å². The first-order valence-electron chi connectivity index (χ1n) is 11.4. The number of amides is 2. The number of para-hydroxylation sites is 1. The Bertz CT molecular complexity index is 847. The smallest absolute Gasteiger partial charge is 0.271 e. The van der Waals surface area contributed by atoms with Gasteiger partial charge in [-0.15, -0.1) is 0 Å². The number of unbranched alkanes of at least 4 members (excludes halogenated alkanes) is 2. The van der Waals surface area contributed by atoms with Crippen molar-refractivity contribution in [3.63, 3.8) is 0 Å². The maximum atomic E-state index is 13.2. The van der Waals surface area contributed by atoms with Gasteiger partial charge in [-0.3, -0.25) is 14.6 Å². The molecule has 172 valence electrons. The first-order valence-corrected chi connectivity index (χ1v) is 11.4. The molecule has 0 spiro atoms. The molecule has 0 unspecified atom stereocenters. The van der Waals surface area contributed by atoms with E-state index >= 15 is 0 Å². The van der Waals surface area contributed by atoms with Gasteiger partial charge in [0.1, 0.15) is 0 Å². The van der Waals surface area contributed by atoms with Crippen molar-refractivity contribution in [2.45, 2.75) is 46.5 Å². The topological polar surface area (TPSA) is 86.7 Å². The number of anilines is 1. The van der Waals surface area contributed by atoms with Crippen molar-refractivity contribution in [1.82, 2.24) is 15.3 Å². The van der Waals surface area contributed by atoms with E-state index in [0.717, 1.165) is 44.5 Å². The number of hydrogen-bond acceptors (Lipinski definition) is 5. The number of benzene rings is 1. The van der Waals surface area contributed by atoms with Crippen LogP contribution in [0.15, 0.2) is 60.0 Å². The molecule has 2 N–H and O–H groups in total. The van der Waals surface area contributed by atoms with E-state index in [9.17, 15) is 9.59 Å². The predicted octanol–water partition coefficient (Wildman–Crippen LogP) is 4.34. The second-order valence-electron chi connectivity index (χ2n) is 7.85. The molecule has 1 aromatic heterocycles. The third kappa shape index (κ3) is 8.59. The summed E-state index contributed by atoms with van der Waals surface area (Å²) >= 11 is 0. The minimum Gasteiger partial charge on any atom is -0.325 e. The molecule has 1 aromatic carbocycles. The quantitative estimate of drug-likeness (QED) is 0.360. The number of rotatable bonds is 13. The molecule has 0 aliphatic heterocycles. The molecule has 0 aliphatic rings. The van der Waals surface area contributed by atoms with Crippen LogP contribution in [0.2, 0.25) is 0 Å². The van der Waals surface area contributed by atoms with Gasteiger partial charge in [0.2, 0.25) is 5.91 Å². The van der Waals surface area contributed by atoms with Crippen LogP contribution in [0.1, 0.15) is 56.8 Å². The van der Waals surface area contributed by atoms with Gasteiger partial charge < -0.3 is 10.2 Å². The molecule has 2 aromatic rings. The minimum atomic E-state index is -0.485. The Morgan fingerprint density at radius 2 is 1.62 bits per heavy atom. The Labute approximate surface area is 191 Å². The summed E-state index contributed by atoms with van der Waals surface area (Å²) in [6.45, 7) is 8.54. The van der Waals surface area contributed by atoms with Crippen molar-refractivity contribution < 1.29 is 9.59 Å². The van der Waals surface area contributed by atoms with Crippen LogP contribution in [0.25, 0.3) is 0 Å². The third-order valence-corrected chi connectivity index (χ3v) is 5.23. The van der Waals surface area contributed by atoms with Gasteiger partial charge in [0.25, 0.3) is 5.91 Å². The SMILES string of the molecule is CCCCN(CCCC)C[C@@H](C(=O)Nc1ccccc1)/C(C)=N\NC(=O)c1ccncc1. The van der Waals surface area contributed by atoms with E-state index in [-0.39, 0.29) is 11.8 Å². The number of nitrogens with zero attached hydrogens (tertiary/aromatic N) is 3. The minimum absolute atomic E-state index is 0.131. The zero-order chi connectivity index (χ0) is 23.2. The van der Waals surface area contributed by atoms with Gasteiger partial charge in [-0.05, 0) is 57.1 Å². The average Bonchev–Trinajstić information content (AvgIpc) is 2.83. The standard InChI is InChI=1S/C25H35N5O2/c1-4-6-17-30(18-7-5-2)19-23(25(32)27-22-11-9-8-10-12-22)20(3)28-29-24(31)21-13-15-26-16-14-21/h8-16,23H,4-7,17-19H2,1-3H3,(H,27,32)(H,29,31)/b28-20-/t23-/m1/s1. The molecular weight excluding hydrogens is 402 g/mol. The number of nitrogens with one attached hydrogen (secondary N) is 2. The summed E-state index contributed by atoms with van der Waals surface area (Å²) in [5.41, 5.74) is 4.36. The predicted molar refractivity (Wildman–Crippen MR) is 130 cm³/mol. The zero-order valence-corrected chi connectivity index (χ0v) is 19.4. The van der Waals surface area contributed by atoms with Gasteiger partial charge in [-0.2, -0.15) is 5.10 Å². The van der Waals surface area contributed by atoms with E-state index < -0.39 is 5.92 Å². The maximum absolute atomic E-state index is 13.2. The van der Waals surface area contributed by atoms with Crippen molar-refractivity contribution in [2.75, 3.05) is 25.0 Å². The van der Waals surface area contributed by atoms with Gasteiger partial charge in [0, 0.05) is 35.9 Å². The van der Waals surface area contributed by atoms with Crippen LogP contribution in [-0.4, -0.2) is 47.0 Å². The summed E-state index contributed by atoms with van der Waals surface area (Å²) in [5, 5.41) is 7.28. The van der Waals surface area contributed by atoms with E-state index in [0.29, 0.717) is 17.8 Å². The molecular formula is C25H35N5O2. The molecule has 7 nitrogen and oxygen atoms in total. The Morgan fingerprint density at radius 1 is 1.00 bits per heavy atom. The molecule has 0 saturated carbocycles. The summed E-state index contributed by atoms with van der Waals surface area (Å²) in [7, 11) is 0. The molecule has 0 bridgehead atoms. The highest BCUT2D eigenvalue weighted by atomic mass is 16.2. The largest absolute Gasteiger partial charge is 0.325 e. The summed E-state index contributed by atoms with van der Waals surface area (Å²) in [6, 6.07) is 12.6. The Balaban J connectivity index is 2.18. The van der Waals surface area contributed by atoms with E-state index in [1.165, 1.54) is 0 Å². The number of carbonyl (C=O) groups excluding carboxylic acids is 2.